The summed E-state index contributed by atoms with van der Waals surface area (Å²) in [7, 11) is 0. The van der Waals surface area contributed by atoms with Crippen LogP contribution in [-0.4, -0.2) is 47.0 Å². The molecule has 3 aromatic heterocycles. The second-order valence-corrected chi connectivity index (χ2v) is 7.98. The number of benzene rings is 1. The van der Waals surface area contributed by atoms with Crippen LogP contribution in [0.1, 0.15) is 36.2 Å². The van der Waals surface area contributed by atoms with Crippen LogP contribution in [0, 0.1) is 6.92 Å². The van der Waals surface area contributed by atoms with Gasteiger partial charge in [0.05, 0.1) is 29.2 Å². The van der Waals surface area contributed by atoms with Crippen LogP contribution in [0.5, 0.6) is 0 Å². The van der Waals surface area contributed by atoms with Gasteiger partial charge in [-0.1, -0.05) is 12.1 Å². The molecule has 4 aromatic rings. The number of aromatic nitrogens is 6. The summed E-state index contributed by atoms with van der Waals surface area (Å²) in [5.41, 5.74) is 1.11. The summed E-state index contributed by atoms with van der Waals surface area (Å²) in [6, 6.07) is 9.69. The average Bonchev–Trinajstić information content (AvgIpc) is 3.36. The molecule has 1 fully saturated rings. The number of alkyl halides is 3. The van der Waals surface area contributed by atoms with E-state index in [1.165, 1.54) is 6.07 Å². The van der Waals surface area contributed by atoms with Crippen molar-refractivity contribution in [3.05, 3.63) is 64.1 Å². The molecule has 1 saturated heterocycles. The molecule has 32 heavy (non-hydrogen) atoms. The molecule has 1 aromatic carbocycles. The highest BCUT2D eigenvalue weighted by Crippen LogP contribution is 2.33. The van der Waals surface area contributed by atoms with Gasteiger partial charge in [0, 0.05) is 0 Å². The van der Waals surface area contributed by atoms with Gasteiger partial charge in [0.1, 0.15) is 12.4 Å². The van der Waals surface area contributed by atoms with Gasteiger partial charge in [0.15, 0.2) is 11.5 Å². The SMILES string of the molecule is Cc1ccc2nnc(CN3CCCC3c3nc4ccccc4c(=O)n3CC(F)(F)F)n2n1. The zero-order valence-corrected chi connectivity index (χ0v) is 17.2. The van der Waals surface area contributed by atoms with Crippen molar-refractivity contribution >= 4 is 16.6 Å². The molecular formula is C21H20F3N7O. The van der Waals surface area contributed by atoms with Crippen LogP contribution in [0.15, 0.2) is 41.2 Å². The molecule has 1 aliphatic rings. The summed E-state index contributed by atoms with van der Waals surface area (Å²) < 4.78 is 42.5. The molecule has 8 nitrogen and oxygen atoms in total. The Morgan fingerprint density at radius 3 is 2.75 bits per heavy atom. The molecule has 5 rings (SSSR count). The summed E-state index contributed by atoms with van der Waals surface area (Å²) in [5.74, 6) is 0.711. The molecule has 166 valence electrons. The third kappa shape index (κ3) is 3.72. The van der Waals surface area contributed by atoms with Gasteiger partial charge in [-0.3, -0.25) is 14.3 Å². The molecule has 0 spiro atoms. The van der Waals surface area contributed by atoms with Crippen LogP contribution < -0.4 is 5.56 Å². The van der Waals surface area contributed by atoms with E-state index in [0.717, 1.165) is 16.7 Å². The van der Waals surface area contributed by atoms with Gasteiger partial charge >= 0.3 is 6.18 Å². The molecule has 11 heteroatoms. The minimum absolute atomic E-state index is 0.126. The molecule has 0 N–H and O–H groups in total. The standard InChI is InChI=1S/C21H20F3N7O/c1-13-8-9-17-26-27-18(31(17)28-13)11-29-10-4-7-16(29)19-25-15-6-3-2-5-14(15)20(32)30(19)12-21(22,23)24/h2-3,5-6,8-9,16H,4,7,10-12H2,1H3. The first-order chi connectivity index (χ1) is 15.3. The highest BCUT2D eigenvalue weighted by molar-refractivity contribution is 5.77. The first-order valence-electron chi connectivity index (χ1n) is 10.3. The molecule has 1 atom stereocenters. The lowest BCUT2D eigenvalue weighted by Crippen LogP contribution is -2.36. The van der Waals surface area contributed by atoms with E-state index in [0.29, 0.717) is 36.5 Å². The summed E-state index contributed by atoms with van der Waals surface area (Å²) in [6.07, 6.45) is -3.19. The van der Waals surface area contributed by atoms with E-state index < -0.39 is 24.3 Å². The lowest BCUT2D eigenvalue weighted by molar-refractivity contribution is -0.142. The van der Waals surface area contributed by atoms with Crippen molar-refractivity contribution in [3.8, 4) is 0 Å². The lowest BCUT2D eigenvalue weighted by atomic mass is 10.1. The van der Waals surface area contributed by atoms with Gasteiger partial charge < -0.3 is 0 Å². The number of nitrogens with zero attached hydrogens (tertiary/aromatic N) is 7. The van der Waals surface area contributed by atoms with Gasteiger partial charge in [0.2, 0.25) is 0 Å². The molecule has 0 amide bonds. The van der Waals surface area contributed by atoms with Gasteiger partial charge in [-0.15, -0.1) is 10.2 Å². The van der Waals surface area contributed by atoms with Gasteiger partial charge in [-0.05, 0) is 50.6 Å². The maximum Gasteiger partial charge on any atom is 0.406 e. The van der Waals surface area contributed by atoms with E-state index in [1.807, 2.05) is 24.0 Å². The van der Waals surface area contributed by atoms with E-state index in [1.54, 1.807) is 22.7 Å². The summed E-state index contributed by atoms with van der Waals surface area (Å²) in [5, 5.41) is 13.0. The van der Waals surface area contributed by atoms with Crippen LogP contribution in [0.25, 0.3) is 16.6 Å². The van der Waals surface area contributed by atoms with Crippen LogP contribution in [0.4, 0.5) is 13.2 Å². The zero-order valence-electron chi connectivity index (χ0n) is 17.2. The fourth-order valence-electron chi connectivity index (χ4n) is 4.28. The quantitative estimate of drug-likeness (QED) is 0.482. The van der Waals surface area contributed by atoms with Gasteiger partial charge in [-0.25, -0.2) is 4.98 Å². The van der Waals surface area contributed by atoms with Crippen molar-refractivity contribution < 1.29 is 13.2 Å². The van der Waals surface area contributed by atoms with Crippen LogP contribution in [-0.2, 0) is 13.1 Å². The Labute approximate surface area is 180 Å². The van der Waals surface area contributed by atoms with Crippen LogP contribution >= 0.6 is 0 Å². The zero-order chi connectivity index (χ0) is 22.5. The van der Waals surface area contributed by atoms with Gasteiger partial charge in [0.25, 0.3) is 5.56 Å². The molecule has 1 aliphatic heterocycles. The predicted octanol–water partition coefficient (Wildman–Crippen LogP) is 3.04. The fourth-order valence-corrected chi connectivity index (χ4v) is 4.28. The Hall–Kier alpha value is -3.34. The summed E-state index contributed by atoms with van der Waals surface area (Å²) in [4.78, 5) is 19.5. The van der Waals surface area contributed by atoms with Crippen LogP contribution in [0.3, 0.4) is 0 Å². The maximum absolute atomic E-state index is 13.4. The molecule has 4 heterocycles. The first kappa shape index (κ1) is 20.6. The molecule has 0 bridgehead atoms. The normalized spacial score (nSPS) is 17.6. The van der Waals surface area contributed by atoms with E-state index in [9.17, 15) is 18.0 Å². The van der Waals surface area contributed by atoms with Crippen molar-refractivity contribution in [2.24, 2.45) is 0 Å². The number of likely N-dealkylation sites (tertiary alicyclic amines) is 1. The molecule has 0 aliphatic carbocycles. The number of halogens is 3. The summed E-state index contributed by atoms with van der Waals surface area (Å²) >= 11 is 0. The average molecular weight is 443 g/mol. The fraction of sp³-hybridized carbons (Fsp3) is 0.381. The van der Waals surface area contributed by atoms with Crippen molar-refractivity contribution in [2.75, 3.05) is 6.54 Å². The van der Waals surface area contributed by atoms with Gasteiger partial charge in [-0.2, -0.15) is 22.8 Å². The molecule has 0 saturated carbocycles. The monoisotopic (exact) mass is 443 g/mol. The smallest absolute Gasteiger partial charge is 0.286 e. The lowest BCUT2D eigenvalue weighted by Gasteiger charge is -2.26. The Bertz CT molecular complexity index is 1360. The van der Waals surface area contributed by atoms with E-state index >= 15 is 0 Å². The van der Waals surface area contributed by atoms with E-state index in [2.05, 4.69) is 20.3 Å². The highest BCUT2D eigenvalue weighted by atomic mass is 19.4. The largest absolute Gasteiger partial charge is 0.406 e. The maximum atomic E-state index is 13.4. The Balaban J connectivity index is 1.58. The van der Waals surface area contributed by atoms with E-state index in [-0.39, 0.29) is 11.2 Å². The highest BCUT2D eigenvalue weighted by Gasteiger charge is 2.35. The van der Waals surface area contributed by atoms with Crippen molar-refractivity contribution in [3.63, 3.8) is 0 Å². The number of hydrogen-bond acceptors (Lipinski definition) is 6. The topological polar surface area (TPSA) is 81.2 Å². The Kier molecular flexibility index (Phi) is 4.92. The third-order valence-corrected chi connectivity index (χ3v) is 5.70. The first-order valence-corrected chi connectivity index (χ1v) is 10.3. The van der Waals surface area contributed by atoms with Crippen molar-refractivity contribution in [1.29, 1.82) is 0 Å². The minimum atomic E-state index is -4.54. The third-order valence-electron chi connectivity index (χ3n) is 5.70. The molecule has 0 radical (unpaired) electrons. The van der Waals surface area contributed by atoms with Crippen molar-refractivity contribution in [1.82, 2.24) is 34.3 Å². The number of fused-ring (bicyclic) bond motifs is 2. The second kappa shape index (κ2) is 7.66. The molecular weight excluding hydrogens is 423 g/mol. The number of rotatable bonds is 4. The Morgan fingerprint density at radius 2 is 1.94 bits per heavy atom. The number of aryl methyl sites for hydroxylation is 1. The van der Waals surface area contributed by atoms with E-state index in [4.69, 9.17) is 0 Å². The number of para-hydroxylation sites is 1. The predicted molar refractivity (Wildman–Crippen MR) is 110 cm³/mol. The Morgan fingerprint density at radius 1 is 1.12 bits per heavy atom. The minimum Gasteiger partial charge on any atom is -0.286 e. The van der Waals surface area contributed by atoms with Crippen molar-refractivity contribution in [2.45, 2.75) is 45.1 Å². The second-order valence-electron chi connectivity index (χ2n) is 7.98. The number of hydrogen-bond donors (Lipinski definition) is 0. The van der Waals surface area contributed by atoms with Crippen LogP contribution in [0.2, 0.25) is 0 Å². The summed E-state index contributed by atoms with van der Waals surface area (Å²) in [6.45, 7) is 1.45. The molecule has 1 unspecified atom stereocenters.